The van der Waals surface area contributed by atoms with Gasteiger partial charge in [-0.25, -0.2) is 22.0 Å². The molecule has 0 radical (unpaired) electrons. The molecule has 1 amide bonds. The number of amides is 1. The second-order valence-electron chi connectivity index (χ2n) is 6.03. The molecule has 1 saturated heterocycles. The number of carbonyl (C=O) groups excluding carboxylic acids is 2. The molecule has 0 aliphatic carbocycles. The third-order valence-corrected chi connectivity index (χ3v) is 4.28. The van der Waals surface area contributed by atoms with Gasteiger partial charge < -0.3 is 9.64 Å². The molecule has 0 aromatic heterocycles. The van der Waals surface area contributed by atoms with Crippen LogP contribution in [0.1, 0.15) is 43.0 Å². The van der Waals surface area contributed by atoms with E-state index in [2.05, 4.69) is 0 Å². The lowest BCUT2D eigenvalue weighted by Gasteiger charge is -2.31. The highest BCUT2D eigenvalue weighted by Crippen LogP contribution is 2.26. The smallest absolute Gasteiger partial charge is 0.309 e. The van der Waals surface area contributed by atoms with Gasteiger partial charge in [0.2, 0.25) is 5.82 Å². The van der Waals surface area contributed by atoms with Crippen molar-refractivity contribution in [2.24, 2.45) is 5.92 Å². The fourth-order valence-corrected chi connectivity index (χ4v) is 2.70. The van der Waals surface area contributed by atoms with Crippen LogP contribution in [0.2, 0.25) is 0 Å². The van der Waals surface area contributed by atoms with Gasteiger partial charge in [0.05, 0.1) is 12.5 Å². The van der Waals surface area contributed by atoms with E-state index < -0.39 is 52.4 Å². The van der Waals surface area contributed by atoms with Crippen molar-refractivity contribution >= 4 is 11.9 Å². The molecule has 26 heavy (non-hydrogen) atoms. The second-order valence-corrected chi connectivity index (χ2v) is 6.03. The Labute approximate surface area is 146 Å². The van der Waals surface area contributed by atoms with E-state index in [1.165, 1.54) is 0 Å². The van der Waals surface area contributed by atoms with Crippen LogP contribution in [0.3, 0.4) is 0 Å². The molecule has 9 heteroatoms. The predicted octanol–water partition coefficient (Wildman–Crippen LogP) is 3.58. The number of nitrogens with zero attached hydrogens (tertiary/aromatic N) is 1. The minimum Gasteiger partial charge on any atom is -0.465 e. The summed E-state index contributed by atoms with van der Waals surface area (Å²) < 4.78 is 72.1. The van der Waals surface area contributed by atoms with Crippen LogP contribution >= 0.6 is 0 Å². The Balaban J connectivity index is 2.07. The van der Waals surface area contributed by atoms with Gasteiger partial charge in [-0.1, -0.05) is 13.3 Å². The number of hydrogen-bond acceptors (Lipinski definition) is 3. The maximum Gasteiger partial charge on any atom is 0.309 e. The molecule has 0 bridgehead atoms. The van der Waals surface area contributed by atoms with Crippen molar-refractivity contribution in [1.82, 2.24) is 4.90 Å². The number of esters is 1. The second kappa shape index (κ2) is 8.46. The predicted molar refractivity (Wildman–Crippen MR) is 80.7 cm³/mol. The molecular weight excluding hydrogens is 361 g/mol. The molecule has 1 aliphatic heterocycles. The van der Waals surface area contributed by atoms with Gasteiger partial charge in [0.1, 0.15) is 5.56 Å². The van der Waals surface area contributed by atoms with Crippen molar-refractivity contribution in [3.8, 4) is 0 Å². The Morgan fingerprint density at radius 3 is 1.96 bits per heavy atom. The van der Waals surface area contributed by atoms with Crippen LogP contribution in [0.15, 0.2) is 0 Å². The molecule has 0 saturated carbocycles. The first-order valence-corrected chi connectivity index (χ1v) is 8.26. The van der Waals surface area contributed by atoms with Crippen LogP contribution in [0, 0.1) is 35.0 Å². The van der Waals surface area contributed by atoms with Gasteiger partial charge in [-0.2, -0.15) is 0 Å². The van der Waals surface area contributed by atoms with Gasteiger partial charge in [0.15, 0.2) is 23.3 Å². The maximum atomic E-state index is 13.7. The Hall–Kier alpha value is -2.19. The number of likely N-dealkylation sites (tertiary alicyclic amines) is 1. The molecule has 1 heterocycles. The molecule has 0 atom stereocenters. The standard InChI is InChI=1S/C17H18F5NO3/c1-2-3-8-26-17(25)9-4-6-23(7-5-9)16(24)10-11(18)13(20)15(22)14(21)12(10)19/h9H,2-8H2,1H3. The molecule has 1 fully saturated rings. The van der Waals surface area contributed by atoms with Crippen LogP contribution in [0.25, 0.3) is 0 Å². The van der Waals surface area contributed by atoms with Crippen molar-refractivity contribution < 1.29 is 36.3 Å². The van der Waals surface area contributed by atoms with Crippen molar-refractivity contribution in [3.63, 3.8) is 0 Å². The number of ether oxygens (including phenoxy) is 1. The van der Waals surface area contributed by atoms with Crippen LogP contribution in [0.4, 0.5) is 22.0 Å². The minimum atomic E-state index is -2.31. The Morgan fingerprint density at radius 2 is 1.46 bits per heavy atom. The average molecular weight is 379 g/mol. The molecule has 1 aromatic rings. The van der Waals surface area contributed by atoms with E-state index in [1.54, 1.807) is 0 Å². The third-order valence-electron chi connectivity index (χ3n) is 4.28. The lowest BCUT2D eigenvalue weighted by Crippen LogP contribution is -2.41. The molecule has 0 spiro atoms. The minimum absolute atomic E-state index is 0.0497. The van der Waals surface area contributed by atoms with Crippen LogP contribution in [0.5, 0.6) is 0 Å². The Morgan fingerprint density at radius 1 is 0.962 bits per heavy atom. The highest BCUT2D eigenvalue weighted by atomic mass is 19.2. The first-order chi connectivity index (χ1) is 12.3. The summed E-state index contributed by atoms with van der Waals surface area (Å²) in [6.45, 7) is 2.13. The third kappa shape index (κ3) is 3.96. The molecular formula is C17H18F5NO3. The largest absolute Gasteiger partial charge is 0.465 e. The zero-order valence-corrected chi connectivity index (χ0v) is 14.1. The number of carbonyl (C=O) groups is 2. The van der Waals surface area contributed by atoms with Gasteiger partial charge in [-0.15, -0.1) is 0 Å². The number of rotatable bonds is 5. The fourth-order valence-electron chi connectivity index (χ4n) is 2.70. The van der Waals surface area contributed by atoms with Gasteiger partial charge in [-0.05, 0) is 19.3 Å². The van der Waals surface area contributed by atoms with Crippen molar-refractivity contribution in [3.05, 3.63) is 34.6 Å². The summed E-state index contributed by atoms with van der Waals surface area (Å²) in [5.74, 6) is -13.1. The normalized spacial score (nSPS) is 15.2. The van der Waals surface area contributed by atoms with Crippen LogP contribution in [-0.4, -0.2) is 36.5 Å². The number of benzene rings is 1. The summed E-state index contributed by atoms with van der Waals surface area (Å²) in [5, 5.41) is 0. The topological polar surface area (TPSA) is 46.6 Å². The van der Waals surface area contributed by atoms with E-state index in [4.69, 9.17) is 4.74 Å². The summed E-state index contributed by atoms with van der Waals surface area (Å²) >= 11 is 0. The average Bonchev–Trinajstić information content (AvgIpc) is 2.65. The van der Waals surface area contributed by atoms with E-state index in [0.717, 1.165) is 17.7 Å². The Kier molecular flexibility index (Phi) is 6.55. The number of unbranched alkanes of at least 4 members (excludes halogenated alkanes) is 1. The highest BCUT2D eigenvalue weighted by molar-refractivity contribution is 5.95. The number of halogens is 5. The van der Waals surface area contributed by atoms with Crippen molar-refractivity contribution in [2.75, 3.05) is 19.7 Å². The van der Waals surface area contributed by atoms with E-state index >= 15 is 0 Å². The quantitative estimate of drug-likeness (QED) is 0.258. The maximum absolute atomic E-state index is 13.7. The SMILES string of the molecule is CCCCOC(=O)C1CCN(C(=O)c2c(F)c(F)c(F)c(F)c2F)CC1. The zero-order valence-electron chi connectivity index (χ0n) is 14.1. The first-order valence-electron chi connectivity index (χ1n) is 8.26. The Bertz CT molecular complexity index is 673. The summed E-state index contributed by atoms with van der Waals surface area (Å²) in [6.07, 6.45) is 1.96. The molecule has 1 aromatic carbocycles. The summed E-state index contributed by atoms with van der Waals surface area (Å²) in [7, 11) is 0. The zero-order chi connectivity index (χ0) is 19.4. The molecule has 2 rings (SSSR count). The summed E-state index contributed by atoms with van der Waals surface area (Å²) in [6, 6.07) is 0. The summed E-state index contributed by atoms with van der Waals surface area (Å²) in [4.78, 5) is 25.1. The van der Waals surface area contributed by atoms with E-state index in [-0.39, 0.29) is 25.9 Å². The van der Waals surface area contributed by atoms with Crippen molar-refractivity contribution in [2.45, 2.75) is 32.6 Å². The van der Waals surface area contributed by atoms with Gasteiger partial charge >= 0.3 is 5.97 Å². The number of piperidine rings is 1. The van der Waals surface area contributed by atoms with Crippen molar-refractivity contribution in [1.29, 1.82) is 0 Å². The van der Waals surface area contributed by atoms with E-state index in [1.807, 2.05) is 6.92 Å². The molecule has 0 unspecified atom stereocenters. The first kappa shape index (κ1) is 20.1. The molecule has 144 valence electrons. The number of hydrogen-bond donors (Lipinski definition) is 0. The fraction of sp³-hybridized carbons (Fsp3) is 0.529. The van der Waals surface area contributed by atoms with Crippen LogP contribution < -0.4 is 0 Å². The lowest BCUT2D eigenvalue weighted by molar-refractivity contribution is -0.150. The van der Waals surface area contributed by atoms with Crippen LogP contribution in [-0.2, 0) is 9.53 Å². The summed E-state index contributed by atoms with van der Waals surface area (Å²) in [5.41, 5.74) is -1.48. The van der Waals surface area contributed by atoms with E-state index in [0.29, 0.717) is 6.61 Å². The molecule has 0 N–H and O–H groups in total. The molecule has 1 aliphatic rings. The molecule has 4 nitrogen and oxygen atoms in total. The van der Waals surface area contributed by atoms with Gasteiger partial charge in [0, 0.05) is 13.1 Å². The van der Waals surface area contributed by atoms with Gasteiger partial charge in [0.25, 0.3) is 5.91 Å². The van der Waals surface area contributed by atoms with Gasteiger partial charge in [-0.3, -0.25) is 9.59 Å². The van der Waals surface area contributed by atoms with E-state index in [9.17, 15) is 31.5 Å². The highest BCUT2D eigenvalue weighted by Gasteiger charge is 2.34. The lowest BCUT2D eigenvalue weighted by atomic mass is 9.96. The monoisotopic (exact) mass is 379 g/mol.